The fraction of sp³-hybridized carbons (Fsp3) is 0.909. The van der Waals surface area contributed by atoms with Gasteiger partial charge < -0.3 is 15.7 Å². The number of nitrogens with one attached hydrogen (secondary N) is 2. The van der Waals surface area contributed by atoms with E-state index in [-0.39, 0.29) is 18.6 Å². The number of carbonyl (C=O) groups excluding carboxylic acids is 1. The molecule has 0 heterocycles. The fourth-order valence-electron chi connectivity index (χ4n) is 2.15. The molecule has 1 unspecified atom stereocenters. The third-order valence-electron chi connectivity index (χ3n) is 3.02. The normalized spacial score (nSPS) is 19.1. The first kappa shape index (κ1) is 12.5. The summed E-state index contributed by atoms with van der Waals surface area (Å²) in [5, 5.41) is 15.2. The first-order chi connectivity index (χ1) is 7.22. The highest BCUT2D eigenvalue weighted by Crippen LogP contribution is 2.28. The van der Waals surface area contributed by atoms with Gasteiger partial charge in [-0.2, -0.15) is 0 Å². The number of hydrogen-bond donors (Lipinski definition) is 3. The molecule has 88 valence electrons. The molecule has 1 rings (SSSR count). The highest BCUT2D eigenvalue weighted by atomic mass is 16.3. The van der Waals surface area contributed by atoms with Crippen LogP contribution in [0.5, 0.6) is 0 Å². The standard InChI is InChI=1S/C11H22N2O2/c1-12-11(15)8-13-7-10(14)6-9-4-2-3-5-9/h9-10,13-14H,2-8H2,1H3,(H,12,15). The molecular formula is C11H22N2O2. The molecule has 0 spiro atoms. The molecule has 0 aromatic rings. The molecule has 15 heavy (non-hydrogen) atoms. The van der Waals surface area contributed by atoms with E-state index < -0.39 is 0 Å². The summed E-state index contributed by atoms with van der Waals surface area (Å²) < 4.78 is 0. The maximum atomic E-state index is 10.9. The molecule has 0 aromatic heterocycles. The van der Waals surface area contributed by atoms with Crippen LogP contribution >= 0.6 is 0 Å². The number of likely N-dealkylation sites (N-methyl/N-ethyl adjacent to an activating group) is 1. The van der Waals surface area contributed by atoms with Crippen molar-refractivity contribution in [2.24, 2.45) is 5.92 Å². The molecule has 0 radical (unpaired) electrons. The second-order valence-corrected chi connectivity index (χ2v) is 4.34. The third-order valence-corrected chi connectivity index (χ3v) is 3.02. The van der Waals surface area contributed by atoms with Crippen LogP contribution < -0.4 is 10.6 Å². The van der Waals surface area contributed by atoms with Crippen molar-refractivity contribution in [3.05, 3.63) is 0 Å². The van der Waals surface area contributed by atoms with Gasteiger partial charge >= 0.3 is 0 Å². The number of aliphatic hydroxyl groups excluding tert-OH is 1. The van der Waals surface area contributed by atoms with E-state index in [1.54, 1.807) is 7.05 Å². The van der Waals surface area contributed by atoms with Gasteiger partial charge in [0.1, 0.15) is 0 Å². The summed E-state index contributed by atoms with van der Waals surface area (Å²) in [4.78, 5) is 10.9. The van der Waals surface area contributed by atoms with Gasteiger partial charge in [-0.1, -0.05) is 25.7 Å². The topological polar surface area (TPSA) is 61.4 Å². The minimum atomic E-state index is -0.308. The highest BCUT2D eigenvalue weighted by molar-refractivity contribution is 5.77. The summed E-state index contributed by atoms with van der Waals surface area (Å²) in [6.45, 7) is 0.808. The van der Waals surface area contributed by atoms with E-state index in [0.717, 1.165) is 6.42 Å². The lowest BCUT2D eigenvalue weighted by Gasteiger charge is -2.15. The van der Waals surface area contributed by atoms with E-state index in [2.05, 4.69) is 10.6 Å². The monoisotopic (exact) mass is 214 g/mol. The predicted octanol–water partition coefficient (Wildman–Crippen LogP) is 0.263. The largest absolute Gasteiger partial charge is 0.392 e. The van der Waals surface area contributed by atoms with Gasteiger partial charge in [-0.25, -0.2) is 0 Å². The Labute approximate surface area is 91.4 Å². The van der Waals surface area contributed by atoms with Crippen molar-refractivity contribution in [2.75, 3.05) is 20.1 Å². The lowest BCUT2D eigenvalue weighted by Crippen LogP contribution is -2.36. The van der Waals surface area contributed by atoms with Gasteiger partial charge in [0.15, 0.2) is 0 Å². The van der Waals surface area contributed by atoms with Crippen LogP contribution in [0, 0.1) is 5.92 Å². The van der Waals surface area contributed by atoms with Crippen molar-refractivity contribution < 1.29 is 9.90 Å². The number of aliphatic hydroxyl groups is 1. The van der Waals surface area contributed by atoms with Crippen LogP contribution in [0.25, 0.3) is 0 Å². The summed E-state index contributed by atoms with van der Waals surface area (Å²) in [6, 6.07) is 0. The molecule has 1 saturated carbocycles. The summed E-state index contributed by atoms with van der Waals surface area (Å²) in [7, 11) is 1.61. The van der Waals surface area contributed by atoms with Crippen LogP contribution in [-0.4, -0.2) is 37.3 Å². The van der Waals surface area contributed by atoms with E-state index in [1.807, 2.05) is 0 Å². The van der Waals surface area contributed by atoms with E-state index in [9.17, 15) is 9.90 Å². The smallest absolute Gasteiger partial charge is 0.233 e. The zero-order valence-corrected chi connectivity index (χ0v) is 9.46. The van der Waals surface area contributed by atoms with Crippen molar-refractivity contribution in [1.29, 1.82) is 0 Å². The minimum absolute atomic E-state index is 0.0388. The Balaban J connectivity index is 2.02. The Bertz CT molecular complexity index is 191. The molecule has 0 aliphatic heterocycles. The molecule has 3 N–H and O–H groups in total. The first-order valence-electron chi connectivity index (χ1n) is 5.81. The molecule has 1 fully saturated rings. The zero-order valence-electron chi connectivity index (χ0n) is 9.46. The van der Waals surface area contributed by atoms with Gasteiger partial charge in [-0.05, 0) is 12.3 Å². The van der Waals surface area contributed by atoms with E-state index >= 15 is 0 Å². The molecule has 0 bridgehead atoms. The molecule has 0 saturated heterocycles. The Kier molecular flexibility index (Phi) is 5.65. The molecule has 4 nitrogen and oxygen atoms in total. The van der Waals surface area contributed by atoms with Gasteiger partial charge in [0.25, 0.3) is 0 Å². The minimum Gasteiger partial charge on any atom is -0.392 e. The van der Waals surface area contributed by atoms with Gasteiger partial charge in [0, 0.05) is 13.6 Å². The average Bonchev–Trinajstić information content (AvgIpc) is 2.70. The molecule has 4 heteroatoms. The second-order valence-electron chi connectivity index (χ2n) is 4.34. The van der Waals surface area contributed by atoms with Crippen molar-refractivity contribution in [3.8, 4) is 0 Å². The maximum absolute atomic E-state index is 10.9. The summed E-state index contributed by atoms with van der Waals surface area (Å²) >= 11 is 0. The lowest BCUT2D eigenvalue weighted by molar-refractivity contribution is -0.119. The Morgan fingerprint density at radius 2 is 2.13 bits per heavy atom. The second kappa shape index (κ2) is 6.80. The van der Waals surface area contributed by atoms with Crippen molar-refractivity contribution in [3.63, 3.8) is 0 Å². The molecule has 1 aliphatic rings. The predicted molar refractivity (Wildman–Crippen MR) is 59.5 cm³/mol. The number of rotatable bonds is 6. The van der Waals surface area contributed by atoms with Crippen LogP contribution in [-0.2, 0) is 4.79 Å². The van der Waals surface area contributed by atoms with Crippen LogP contribution in [0.3, 0.4) is 0 Å². The van der Waals surface area contributed by atoms with Gasteiger partial charge in [0.2, 0.25) is 5.91 Å². The van der Waals surface area contributed by atoms with Crippen molar-refractivity contribution in [2.45, 2.75) is 38.2 Å². The molecule has 1 aliphatic carbocycles. The van der Waals surface area contributed by atoms with Crippen LogP contribution in [0.1, 0.15) is 32.1 Å². The summed E-state index contributed by atoms with van der Waals surface area (Å²) in [6.07, 6.45) is 5.70. The summed E-state index contributed by atoms with van der Waals surface area (Å²) in [5.41, 5.74) is 0. The Hall–Kier alpha value is -0.610. The van der Waals surface area contributed by atoms with E-state index in [4.69, 9.17) is 0 Å². The SMILES string of the molecule is CNC(=O)CNCC(O)CC1CCCC1. The Morgan fingerprint density at radius 3 is 2.73 bits per heavy atom. The van der Waals surface area contributed by atoms with Crippen LogP contribution in [0.4, 0.5) is 0 Å². The van der Waals surface area contributed by atoms with Crippen molar-refractivity contribution >= 4 is 5.91 Å². The quantitative estimate of drug-likeness (QED) is 0.594. The van der Waals surface area contributed by atoms with E-state index in [0.29, 0.717) is 12.5 Å². The molecule has 0 aromatic carbocycles. The highest BCUT2D eigenvalue weighted by Gasteiger charge is 2.18. The number of carbonyl (C=O) groups is 1. The molecular weight excluding hydrogens is 192 g/mol. The molecule has 1 amide bonds. The summed E-state index contributed by atoms with van der Waals surface area (Å²) in [5.74, 6) is 0.657. The third kappa shape index (κ3) is 5.14. The fourth-order valence-corrected chi connectivity index (χ4v) is 2.15. The van der Waals surface area contributed by atoms with Crippen LogP contribution in [0.15, 0.2) is 0 Å². The average molecular weight is 214 g/mol. The van der Waals surface area contributed by atoms with E-state index in [1.165, 1.54) is 25.7 Å². The van der Waals surface area contributed by atoms with Gasteiger partial charge in [0.05, 0.1) is 12.6 Å². The van der Waals surface area contributed by atoms with Crippen molar-refractivity contribution in [1.82, 2.24) is 10.6 Å². The molecule has 1 atom stereocenters. The first-order valence-corrected chi connectivity index (χ1v) is 5.81. The van der Waals surface area contributed by atoms with Gasteiger partial charge in [-0.3, -0.25) is 4.79 Å². The lowest BCUT2D eigenvalue weighted by atomic mass is 10.0. The van der Waals surface area contributed by atoms with Crippen LogP contribution in [0.2, 0.25) is 0 Å². The zero-order chi connectivity index (χ0) is 11.1. The maximum Gasteiger partial charge on any atom is 0.233 e. The number of hydrogen-bond acceptors (Lipinski definition) is 3. The number of amides is 1. The van der Waals surface area contributed by atoms with Gasteiger partial charge in [-0.15, -0.1) is 0 Å². The Morgan fingerprint density at radius 1 is 1.47 bits per heavy atom.